The van der Waals surface area contributed by atoms with E-state index in [-0.39, 0.29) is 23.2 Å². The minimum Gasteiger partial charge on any atom is -0.336 e. The number of carbonyl (C=O) groups is 1. The molecule has 1 unspecified atom stereocenters. The quantitative estimate of drug-likeness (QED) is 0.857. The van der Waals surface area contributed by atoms with Crippen molar-refractivity contribution in [2.45, 2.75) is 13.0 Å². The van der Waals surface area contributed by atoms with Gasteiger partial charge in [-0.2, -0.15) is 0 Å². The number of halogens is 1. The molecule has 2 rings (SSSR count). The van der Waals surface area contributed by atoms with Crippen molar-refractivity contribution >= 4 is 21.6 Å². The molecule has 21 heavy (non-hydrogen) atoms. The lowest BCUT2D eigenvalue weighted by molar-refractivity contribution is 0.0709. The van der Waals surface area contributed by atoms with E-state index >= 15 is 0 Å². The summed E-state index contributed by atoms with van der Waals surface area (Å²) in [5.41, 5.74) is 0.115. The number of benzene rings is 1. The van der Waals surface area contributed by atoms with E-state index in [9.17, 15) is 17.6 Å². The molecule has 1 atom stereocenters. The standard InChI is InChI=1S/C13H18FN3O3S/c1-9-8-17(6-5-15-9)13(18)11-7-10(14)3-4-12(11)16-21(2,19)20/h3-4,7,9,15-16H,5-6,8H2,1-2H3. The lowest BCUT2D eigenvalue weighted by Crippen LogP contribution is -2.51. The van der Waals surface area contributed by atoms with Crippen LogP contribution in [-0.4, -0.2) is 51.2 Å². The van der Waals surface area contributed by atoms with Crippen molar-refractivity contribution in [3.63, 3.8) is 0 Å². The van der Waals surface area contributed by atoms with Crippen LogP contribution in [0.1, 0.15) is 17.3 Å². The maximum absolute atomic E-state index is 13.4. The molecule has 1 heterocycles. The predicted octanol–water partition coefficient (Wildman–Crippen LogP) is 0.631. The SMILES string of the molecule is CC1CN(C(=O)c2cc(F)ccc2NS(C)(=O)=O)CCN1. The minimum atomic E-state index is -3.54. The van der Waals surface area contributed by atoms with Gasteiger partial charge >= 0.3 is 0 Å². The summed E-state index contributed by atoms with van der Waals surface area (Å²) in [6.45, 7) is 3.59. The number of amides is 1. The third kappa shape index (κ3) is 4.15. The fourth-order valence-corrected chi connectivity index (χ4v) is 2.85. The van der Waals surface area contributed by atoms with E-state index in [1.165, 1.54) is 6.07 Å². The molecule has 1 aromatic rings. The van der Waals surface area contributed by atoms with Gasteiger partial charge in [0.2, 0.25) is 10.0 Å². The van der Waals surface area contributed by atoms with Crippen molar-refractivity contribution in [3.8, 4) is 0 Å². The van der Waals surface area contributed by atoms with Crippen LogP contribution >= 0.6 is 0 Å². The zero-order chi connectivity index (χ0) is 15.6. The summed E-state index contributed by atoms with van der Waals surface area (Å²) >= 11 is 0. The van der Waals surface area contributed by atoms with Crippen LogP contribution in [0.4, 0.5) is 10.1 Å². The largest absolute Gasteiger partial charge is 0.336 e. The second kappa shape index (κ2) is 5.98. The van der Waals surface area contributed by atoms with Gasteiger partial charge in [0.05, 0.1) is 17.5 Å². The molecule has 2 N–H and O–H groups in total. The number of nitrogens with one attached hydrogen (secondary N) is 2. The minimum absolute atomic E-state index is 0.0227. The van der Waals surface area contributed by atoms with Crippen LogP contribution in [0.25, 0.3) is 0 Å². The number of hydrogen-bond donors (Lipinski definition) is 2. The third-order valence-electron chi connectivity index (χ3n) is 3.16. The normalized spacial score (nSPS) is 19.4. The predicted molar refractivity (Wildman–Crippen MR) is 78.2 cm³/mol. The van der Waals surface area contributed by atoms with Crippen LogP contribution in [0.3, 0.4) is 0 Å². The van der Waals surface area contributed by atoms with Gasteiger partial charge in [-0.25, -0.2) is 12.8 Å². The molecule has 6 nitrogen and oxygen atoms in total. The highest BCUT2D eigenvalue weighted by Gasteiger charge is 2.24. The monoisotopic (exact) mass is 315 g/mol. The van der Waals surface area contributed by atoms with Crippen molar-refractivity contribution in [1.29, 1.82) is 0 Å². The molecule has 0 aliphatic carbocycles. The van der Waals surface area contributed by atoms with Gasteiger partial charge in [0.1, 0.15) is 5.82 Å². The van der Waals surface area contributed by atoms with Crippen molar-refractivity contribution in [2.75, 3.05) is 30.6 Å². The van der Waals surface area contributed by atoms with Gasteiger partial charge in [-0.05, 0) is 25.1 Å². The van der Waals surface area contributed by atoms with E-state index in [1.807, 2.05) is 6.92 Å². The summed E-state index contributed by atoms with van der Waals surface area (Å²) < 4.78 is 38.4. The Morgan fingerprint density at radius 2 is 2.19 bits per heavy atom. The Bertz CT molecular complexity index is 648. The van der Waals surface area contributed by atoms with Crippen LogP contribution in [0.5, 0.6) is 0 Å². The molecule has 8 heteroatoms. The molecule has 0 aromatic heterocycles. The van der Waals surface area contributed by atoms with E-state index < -0.39 is 15.8 Å². The maximum Gasteiger partial charge on any atom is 0.256 e. The number of hydrogen-bond acceptors (Lipinski definition) is 4. The summed E-state index contributed by atoms with van der Waals surface area (Å²) in [7, 11) is -3.54. The van der Waals surface area contributed by atoms with Gasteiger partial charge in [0.25, 0.3) is 5.91 Å². The molecule has 1 fully saturated rings. The molecular formula is C13H18FN3O3S. The molecule has 1 saturated heterocycles. The molecule has 1 aliphatic heterocycles. The summed E-state index contributed by atoms with van der Waals surface area (Å²) in [5.74, 6) is -0.963. The molecule has 1 aliphatic rings. The first kappa shape index (κ1) is 15.7. The van der Waals surface area contributed by atoms with E-state index in [0.717, 1.165) is 18.4 Å². The van der Waals surface area contributed by atoms with Gasteiger partial charge in [0.15, 0.2) is 0 Å². The average Bonchev–Trinajstić information content (AvgIpc) is 2.38. The Kier molecular flexibility index (Phi) is 4.48. The Labute approximate surface area is 123 Å². The zero-order valence-electron chi connectivity index (χ0n) is 11.9. The number of piperazine rings is 1. The van der Waals surface area contributed by atoms with Crippen molar-refractivity contribution in [1.82, 2.24) is 10.2 Å². The highest BCUT2D eigenvalue weighted by Crippen LogP contribution is 2.21. The second-order valence-electron chi connectivity index (χ2n) is 5.17. The molecule has 1 aromatic carbocycles. The highest BCUT2D eigenvalue weighted by atomic mass is 32.2. The first-order valence-electron chi connectivity index (χ1n) is 6.56. The zero-order valence-corrected chi connectivity index (χ0v) is 12.7. The molecule has 0 saturated carbocycles. The van der Waals surface area contributed by atoms with Gasteiger partial charge < -0.3 is 10.2 Å². The third-order valence-corrected chi connectivity index (χ3v) is 3.75. The van der Waals surface area contributed by atoms with Crippen LogP contribution in [0.2, 0.25) is 0 Å². The molecule has 0 radical (unpaired) electrons. The Morgan fingerprint density at radius 1 is 1.48 bits per heavy atom. The lowest BCUT2D eigenvalue weighted by Gasteiger charge is -2.32. The number of sulfonamides is 1. The van der Waals surface area contributed by atoms with Crippen LogP contribution in [0, 0.1) is 5.82 Å². The van der Waals surface area contributed by atoms with Crippen LogP contribution in [0.15, 0.2) is 18.2 Å². The van der Waals surface area contributed by atoms with E-state index in [4.69, 9.17) is 0 Å². The summed E-state index contributed by atoms with van der Waals surface area (Å²) in [5, 5.41) is 3.20. The number of rotatable bonds is 3. The van der Waals surface area contributed by atoms with Gasteiger partial charge in [-0.1, -0.05) is 0 Å². The topological polar surface area (TPSA) is 78.5 Å². The fourth-order valence-electron chi connectivity index (χ4n) is 2.27. The fraction of sp³-hybridized carbons (Fsp3) is 0.462. The molecular weight excluding hydrogens is 297 g/mol. The van der Waals surface area contributed by atoms with Crippen molar-refractivity contribution in [3.05, 3.63) is 29.6 Å². The number of anilines is 1. The Morgan fingerprint density at radius 3 is 2.81 bits per heavy atom. The smallest absolute Gasteiger partial charge is 0.256 e. The molecule has 1 amide bonds. The number of nitrogens with zero attached hydrogens (tertiary/aromatic N) is 1. The summed E-state index contributed by atoms with van der Waals surface area (Å²) in [6.07, 6.45) is 0.984. The van der Waals surface area contributed by atoms with Gasteiger partial charge in [0, 0.05) is 25.7 Å². The van der Waals surface area contributed by atoms with Crippen molar-refractivity contribution in [2.24, 2.45) is 0 Å². The average molecular weight is 315 g/mol. The lowest BCUT2D eigenvalue weighted by atomic mass is 10.1. The van der Waals surface area contributed by atoms with E-state index in [1.54, 1.807) is 4.90 Å². The number of carbonyl (C=O) groups excluding carboxylic acids is 1. The first-order chi connectivity index (χ1) is 9.76. The van der Waals surface area contributed by atoms with Crippen LogP contribution < -0.4 is 10.0 Å². The molecule has 0 bridgehead atoms. The summed E-state index contributed by atoms with van der Waals surface area (Å²) in [6, 6.07) is 3.57. The Hall–Kier alpha value is -1.67. The highest BCUT2D eigenvalue weighted by molar-refractivity contribution is 7.92. The first-order valence-corrected chi connectivity index (χ1v) is 8.45. The van der Waals surface area contributed by atoms with Crippen molar-refractivity contribution < 1.29 is 17.6 Å². The van der Waals surface area contributed by atoms with Gasteiger partial charge in [-0.3, -0.25) is 9.52 Å². The van der Waals surface area contributed by atoms with E-state index in [2.05, 4.69) is 10.0 Å². The summed E-state index contributed by atoms with van der Waals surface area (Å²) in [4.78, 5) is 14.1. The molecule has 116 valence electrons. The van der Waals surface area contributed by atoms with Gasteiger partial charge in [-0.15, -0.1) is 0 Å². The van der Waals surface area contributed by atoms with E-state index in [0.29, 0.717) is 19.6 Å². The van der Waals surface area contributed by atoms with Crippen LogP contribution in [-0.2, 0) is 10.0 Å². The second-order valence-corrected chi connectivity index (χ2v) is 6.92. The maximum atomic E-state index is 13.4. The molecule has 0 spiro atoms. The Balaban J connectivity index is 2.32.